The SMILES string of the molecule is N#Cc1ccccc1COc1c(Cl)cc(C[C@@H]2SC(=S)N(Cc3ccc(F)cc3)C2=O)cc1Cl. The minimum Gasteiger partial charge on any atom is -0.486 e. The molecule has 34 heavy (non-hydrogen) atoms. The van der Waals surface area contributed by atoms with E-state index in [1.807, 2.05) is 6.07 Å². The molecule has 4 nitrogen and oxygen atoms in total. The zero-order valence-electron chi connectivity index (χ0n) is 17.6. The third-order valence-electron chi connectivity index (χ3n) is 5.25. The summed E-state index contributed by atoms with van der Waals surface area (Å²) in [5.74, 6) is -0.125. The third kappa shape index (κ3) is 5.53. The smallest absolute Gasteiger partial charge is 0.242 e. The number of thiocarbonyl (C=S) groups is 1. The fraction of sp³-hybridized carbons (Fsp3) is 0.160. The number of amides is 1. The van der Waals surface area contributed by atoms with Crippen LogP contribution in [-0.4, -0.2) is 20.4 Å². The molecule has 9 heteroatoms. The molecule has 3 aromatic carbocycles. The van der Waals surface area contributed by atoms with Gasteiger partial charge < -0.3 is 4.74 Å². The molecule has 1 saturated heterocycles. The fourth-order valence-electron chi connectivity index (χ4n) is 3.53. The fourth-order valence-corrected chi connectivity index (χ4v) is 5.70. The van der Waals surface area contributed by atoms with Crippen LogP contribution >= 0.6 is 47.2 Å². The minimum absolute atomic E-state index is 0.111. The van der Waals surface area contributed by atoms with E-state index >= 15 is 0 Å². The van der Waals surface area contributed by atoms with E-state index in [4.69, 9.17) is 40.2 Å². The summed E-state index contributed by atoms with van der Waals surface area (Å²) in [7, 11) is 0. The maximum absolute atomic E-state index is 13.2. The Morgan fingerprint density at radius 3 is 2.44 bits per heavy atom. The van der Waals surface area contributed by atoms with E-state index in [2.05, 4.69) is 6.07 Å². The number of thioether (sulfide) groups is 1. The highest BCUT2D eigenvalue weighted by atomic mass is 35.5. The van der Waals surface area contributed by atoms with Crippen molar-refractivity contribution in [3.8, 4) is 11.8 Å². The lowest BCUT2D eigenvalue weighted by Crippen LogP contribution is -2.31. The third-order valence-corrected chi connectivity index (χ3v) is 7.39. The Morgan fingerprint density at radius 1 is 1.09 bits per heavy atom. The molecular weight excluding hydrogens is 514 g/mol. The van der Waals surface area contributed by atoms with E-state index in [9.17, 15) is 14.4 Å². The molecule has 4 rings (SSSR count). The van der Waals surface area contributed by atoms with Crippen LogP contribution in [0.2, 0.25) is 10.0 Å². The van der Waals surface area contributed by atoms with Crippen molar-refractivity contribution < 1.29 is 13.9 Å². The van der Waals surface area contributed by atoms with Gasteiger partial charge in [-0.05, 0) is 47.9 Å². The van der Waals surface area contributed by atoms with Crippen LogP contribution in [0.4, 0.5) is 4.39 Å². The normalized spacial score (nSPS) is 15.5. The molecule has 0 radical (unpaired) electrons. The zero-order chi connectivity index (χ0) is 24.2. The number of benzene rings is 3. The number of carbonyl (C=O) groups excluding carboxylic acids is 1. The van der Waals surface area contributed by atoms with Crippen LogP contribution in [-0.2, 0) is 24.4 Å². The number of nitriles is 1. The summed E-state index contributed by atoms with van der Waals surface area (Å²) in [6, 6.07) is 18.7. The first kappa shape index (κ1) is 24.5. The largest absolute Gasteiger partial charge is 0.486 e. The first-order valence-electron chi connectivity index (χ1n) is 10.2. The molecule has 1 aliphatic rings. The van der Waals surface area contributed by atoms with Crippen LogP contribution in [0.3, 0.4) is 0 Å². The Bertz CT molecular complexity index is 1270. The van der Waals surface area contributed by atoms with Gasteiger partial charge in [0.05, 0.1) is 33.5 Å². The predicted octanol–water partition coefficient (Wildman–Crippen LogP) is 6.55. The molecule has 172 valence electrons. The summed E-state index contributed by atoms with van der Waals surface area (Å²) in [5, 5.41) is 9.46. The number of hydrogen-bond donors (Lipinski definition) is 0. The quantitative estimate of drug-likeness (QED) is 0.324. The van der Waals surface area contributed by atoms with Gasteiger partial charge in [0.15, 0.2) is 5.75 Å². The van der Waals surface area contributed by atoms with Crippen LogP contribution in [0.25, 0.3) is 0 Å². The number of nitrogens with zero attached hydrogens (tertiary/aromatic N) is 2. The number of halogens is 3. The van der Waals surface area contributed by atoms with E-state index < -0.39 is 5.25 Å². The second-order valence-corrected chi connectivity index (χ2v) is 10.2. The van der Waals surface area contributed by atoms with E-state index in [-0.39, 0.29) is 18.3 Å². The van der Waals surface area contributed by atoms with Gasteiger partial charge in [0, 0.05) is 5.56 Å². The maximum atomic E-state index is 13.2. The van der Waals surface area contributed by atoms with Crippen molar-refractivity contribution in [3.05, 3.63) is 98.8 Å². The lowest BCUT2D eigenvalue weighted by molar-refractivity contribution is -0.126. The average Bonchev–Trinajstić information content (AvgIpc) is 3.07. The summed E-state index contributed by atoms with van der Waals surface area (Å²) in [6.45, 7) is 0.437. The Labute approximate surface area is 216 Å². The van der Waals surface area contributed by atoms with Crippen LogP contribution in [0.5, 0.6) is 5.75 Å². The van der Waals surface area contributed by atoms with Crippen LogP contribution in [0.1, 0.15) is 22.3 Å². The van der Waals surface area contributed by atoms with Crippen molar-refractivity contribution in [1.29, 1.82) is 5.26 Å². The number of rotatable bonds is 7. The molecule has 0 unspecified atom stereocenters. The molecule has 1 amide bonds. The summed E-state index contributed by atoms with van der Waals surface area (Å²) >= 11 is 19.6. The molecular formula is C25H17Cl2FN2O2S2. The van der Waals surface area contributed by atoms with Crippen molar-refractivity contribution >= 4 is 57.4 Å². The van der Waals surface area contributed by atoms with Crippen LogP contribution < -0.4 is 4.74 Å². The van der Waals surface area contributed by atoms with Crippen LogP contribution in [0.15, 0.2) is 60.7 Å². The van der Waals surface area contributed by atoms with Crippen molar-refractivity contribution in [2.45, 2.75) is 24.8 Å². The molecule has 0 saturated carbocycles. The molecule has 0 aromatic heterocycles. The Kier molecular flexibility index (Phi) is 7.74. The van der Waals surface area contributed by atoms with Gasteiger partial charge in [-0.1, -0.05) is 77.5 Å². The maximum Gasteiger partial charge on any atom is 0.242 e. The van der Waals surface area contributed by atoms with Gasteiger partial charge in [-0.3, -0.25) is 9.69 Å². The Morgan fingerprint density at radius 2 is 1.76 bits per heavy atom. The van der Waals surface area contributed by atoms with E-state index in [0.29, 0.717) is 38.6 Å². The van der Waals surface area contributed by atoms with E-state index in [1.54, 1.807) is 42.5 Å². The van der Waals surface area contributed by atoms with Gasteiger partial charge in [-0.2, -0.15) is 5.26 Å². The van der Waals surface area contributed by atoms with E-state index in [0.717, 1.165) is 16.7 Å². The monoisotopic (exact) mass is 530 g/mol. The van der Waals surface area contributed by atoms with Crippen molar-refractivity contribution in [2.75, 3.05) is 0 Å². The zero-order valence-corrected chi connectivity index (χ0v) is 20.8. The molecule has 1 atom stereocenters. The van der Waals surface area contributed by atoms with Gasteiger partial charge >= 0.3 is 0 Å². The number of ether oxygens (including phenoxy) is 1. The molecule has 0 spiro atoms. The lowest BCUT2D eigenvalue weighted by atomic mass is 10.1. The average molecular weight is 531 g/mol. The second-order valence-electron chi connectivity index (χ2n) is 7.57. The molecule has 1 aliphatic heterocycles. The molecule has 0 bridgehead atoms. The number of carbonyl (C=O) groups is 1. The van der Waals surface area contributed by atoms with Crippen LogP contribution in [0, 0.1) is 17.1 Å². The molecule has 1 heterocycles. The van der Waals surface area contributed by atoms with Gasteiger partial charge in [-0.25, -0.2) is 4.39 Å². The lowest BCUT2D eigenvalue weighted by Gasteiger charge is -2.16. The summed E-state index contributed by atoms with van der Waals surface area (Å²) in [4.78, 5) is 14.5. The highest BCUT2D eigenvalue weighted by Crippen LogP contribution is 2.37. The van der Waals surface area contributed by atoms with Crippen molar-refractivity contribution in [3.63, 3.8) is 0 Å². The first-order valence-corrected chi connectivity index (χ1v) is 12.2. The summed E-state index contributed by atoms with van der Waals surface area (Å²) in [5.41, 5.74) is 2.81. The molecule has 0 aliphatic carbocycles. The minimum atomic E-state index is -0.408. The van der Waals surface area contributed by atoms with Crippen molar-refractivity contribution in [2.24, 2.45) is 0 Å². The topological polar surface area (TPSA) is 53.3 Å². The first-order chi connectivity index (χ1) is 16.4. The highest BCUT2D eigenvalue weighted by Gasteiger charge is 2.37. The number of hydrogen-bond acceptors (Lipinski definition) is 5. The molecule has 0 N–H and O–H groups in total. The second kappa shape index (κ2) is 10.7. The van der Waals surface area contributed by atoms with Gasteiger partial charge in [-0.15, -0.1) is 0 Å². The summed E-state index contributed by atoms with van der Waals surface area (Å²) < 4.78 is 19.5. The van der Waals surface area contributed by atoms with Gasteiger partial charge in [0.1, 0.15) is 16.7 Å². The molecule has 3 aromatic rings. The predicted molar refractivity (Wildman–Crippen MR) is 137 cm³/mol. The molecule has 1 fully saturated rings. The van der Waals surface area contributed by atoms with E-state index in [1.165, 1.54) is 28.8 Å². The summed E-state index contributed by atoms with van der Waals surface area (Å²) in [6.07, 6.45) is 0.389. The van der Waals surface area contributed by atoms with Gasteiger partial charge in [0.25, 0.3) is 0 Å². The highest BCUT2D eigenvalue weighted by molar-refractivity contribution is 8.24. The Hall–Kier alpha value is -2.63. The van der Waals surface area contributed by atoms with Gasteiger partial charge in [0.2, 0.25) is 5.91 Å². The van der Waals surface area contributed by atoms with Crippen molar-refractivity contribution in [1.82, 2.24) is 4.90 Å². The Balaban J connectivity index is 1.44. The standard InChI is InChI=1S/C25H17Cl2FN2O2S2/c26-20-9-16(10-21(27)23(20)32-14-18-4-2-1-3-17(18)12-29)11-22-24(31)30(25(33)34-22)13-15-5-7-19(28)8-6-15/h1-10,22H,11,13-14H2/t22-/m0/s1.